The first-order valence-electron chi connectivity index (χ1n) is 18.0. The molecular weight excluding hydrogens is 584 g/mol. The van der Waals surface area contributed by atoms with Crippen LogP contribution in [0.2, 0.25) is 0 Å². The van der Waals surface area contributed by atoms with Gasteiger partial charge < -0.3 is 35.4 Å². The fraction of sp³-hybridized carbons (Fsp3) is 0.816. The smallest absolute Gasteiger partial charge is 0.306 e. The van der Waals surface area contributed by atoms with Gasteiger partial charge in [-0.25, -0.2) is 0 Å². The summed E-state index contributed by atoms with van der Waals surface area (Å²) >= 11 is 0. The molecule has 8 heteroatoms. The molecule has 1 rings (SSSR count). The lowest BCUT2D eigenvalue weighted by Crippen LogP contribution is -2.47. The third-order valence-corrected chi connectivity index (χ3v) is 9.73. The summed E-state index contributed by atoms with van der Waals surface area (Å²) in [6, 6.07) is 6.82. The molecule has 0 saturated heterocycles. The number of carbonyl (C=O) groups is 1. The molecule has 0 saturated carbocycles. The van der Waals surface area contributed by atoms with E-state index in [1.54, 1.807) is 31.2 Å². The van der Waals surface area contributed by atoms with E-state index < -0.39 is 30.0 Å². The first kappa shape index (κ1) is 42.3. The number of phenols is 1. The Hall–Kier alpha value is -1.71. The lowest BCUT2D eigenvalue weighted by atomic mass is 9.83. The van der Waals surface area contributed by atoms with Crippen molar-refractivity contribution in [1.82, 2.24) is 0 Å². The first-order valence-corrected chi connectivity index (χ1v) is 18.0. The van der Waals surface area contributed by atoms with Crippen LogP contribution in [0.1, 0.15) is 137 Å². The third-order valence-electron chi connectivity index (χ3n) is 9.73. The van der Waals surface area contributed by atoms with Crippen molar-refractivity contribution in [3.8, 4) is 5.75 Å². The number of carbonyl (C=O) groups excluding carboxylic acids is 1. The number of aliphatic hydroxyl groups excluding tert-OH is 4. The number of rotatable bonds is 26. The standard InChI is InChI=1S/C38H68O8/c1-7-8-9-15-30(5)36(43)33(40)25-29(4)14-11-23-38(6,45)37(44)34(41)26-28(3)13-10-12-27(2)22-24-46-35(42)21-18-31-16-19-32(39)20-17-31/h16-17,19-20,27-30,33-34,36-37,39-41,43-45H,7-15,18,21-26H2,1-6H3. The van der Waals surface area contributed by atoms with Crippen LogP contribution in [0, 0.1) is 23.7 Å². The van der Waals surface area contributed by atoms with Gasteiger partial charge in [-0.05, 0) is 86.8 Å². The topological polar surface area (TPSA) is 148 Å². The van der Waals surface area contributed by atoms with Crippen LogP contribution >= 0.6 is 0 Å². The molecule has 1 aromatic carbocycles. The lowest BCUT2D eigenvalue weighted by Gasteiger charge is -2.34. The minimum Gasteiger partial charge on any atom is -0.508 e. The Kier molecular flexibility index (Phi) is 21.0. The Balaban J connectivity index is 2.25. The van der Waals surface area contributed by atoms with E-state index in [-0.39, 0.29) is 29.5 Å². The predicted molar refractivity (Wildman–Crippen MR) is 184 cm³/mol. The summed E-state index contributed by atoms with van der Waals surface area (Å²) in [5.74, 6) is 0.790. The number of aryl methyl sites for hydroxylation is 1. The van der Waals surface area contributed by atoms with Gasteiger partial charge in [-0.2, -0.15) is 0 Å². The van der Waals surface area contributed by atoms with Gasteiger partial charge in [0.2, 0.25) is 0 Å². The van der Waals surface area contributed by atoms with Gasteiger partial charge in [0, 0.05) is 6.42 Å². The second-order valence-corrected chi connectivity index (χ2v) is 14.7. The van der Waals surface area contributed by atoms with E-state index in [0.717, 1.165) is 63.4 Å². The van der Waals surface area contributed by atoms with Crippen LogP contribution in [0.15, 0.2) is 24.3 Å². The van der Waals surface area contributed by atoms with Crippen LogP contribution in [0.25, 0.3) is 0 Å². The summed E-state index contributed by atoms with van der Waals surface area (Å²) in [5.41, 5.74) is -0.434. The number of ether oxygens (including phenoxy) is 1. The molecule has 0 aliphatic rings. The summed E-state index contributed by atoms with van der Waals surface area (Å²) < 4.78 is 5.39. The second-order valence-electron chi connectivity index (χ2n) is 14.7. The summed E-state index contributed by atoms with van der Waals surface area (Å²) in [6.07, 6.45) is 7.62. The summed E-state index contributed by atoms with van der Waals surface area (Å²) in [7, 11) is 0. The normalized spacial score (nSPS) is 18.5. The molecule has 46 heavy (non-hydrogen) atoms. The van der Waals surface area contributed by atoms with E-state index in [1.165, 1.54) is 0 Å². The van der Waals surface area contributed by atoms with Crippen molar-refractivity contribution in [2.45, 2.75) is 168 Å². The summed E-state index contributed by atoms with van der Waals surface area (Å²) in [4.78, 5) is 12.0. The van der Waals surface area contributed by atoms with Crippen molar-refractivity contribution in [2.75, 3.05) is 6.61 Å². The second kappa shape index (κ2) is 22.8. The van der Waals surface area contributed by atoms with E-state index in [0.29, 0.717) is 51.0 Å². The monoisotopic (exact) mass is 652 g/mol. The number of aromatic hydroxyl groups is 1. The van der Waals surface area contributed by atoms with E-state index in [4.69, 9.17) is 4.74 Å². The van der Waals surface area contributed by atoms with Gasteiger partial charge >= 0.3 is 5.97 Å². The van der Waals surface area contributed by atoms with Crippen molar-refractivity contribution in [3.05, 3.63) is 29.8 Å². The number of hydrogen-bond donors (Lipinski definition) is 6. The molecule has 0 aromatic heterocycles. The van der Waals surface area contributed by atoms with Gasteiger partial charge in [-0.1, -0.05) is 98.1 Å². The molecule has 0 aliphatic carbocycles. The Labute approximate surface area is 279 Å². The van der Waals surface area contributed by atoms with Crippen LogP contribution in [0.4, 0.5) is 0 Å². The fourth-order valence-electron chi connectivity index (χ4n) is 6.28. The maximum Gasteiger partial charge on any atom is 0.306 e. The number of benzene rings is 1. The highest BCUT2D eigenvalue weighted by Gasteiger charge is 2.36. The molecular formula is C38H68O8. The van der Waals surface area contributed by atoms with E-state index in [1.807, 2.05) is 13.8 Å². The molecule has 9 unspecified atom stereocenters. The zero-order valence-corrected chi connectivity index (χ0v) is 29.7. The predicted octanol–water partition coefficient (Wildman–Crippen LogP) is 6.70. The van der Waals surface area contributed by atoms with Gasteiger partial charge in [0.1, 0.15) is 11.9 Å². The van der Waals surface area contributed by atoms with Gasteiger partial charge in [-0.3, -0.25) is 4.79 Å². The fourth-order valence-corrected chi connectivity index (χ4v) is 6.28. The Morgan fingerprint density at radius 1 is 0.783 bits per heavy atom. The Bertz CT molecular complexity index is 920. The van der Waals surface area contributed by atoms with Gasteiger partial charge in [0.05, 0.1) is 30.5 Å². The van der Waals surface area contributed by atoms with Crippen LogP contribution < -0.4 is 0 Å². The molecule has 0 spiro atoms. The quantitative estimate of drug-likeness (QED) is 0.0479. The van der Waals surface area contributed by atoms with Gasteiger partial charge in [-0.15, -0.1) is 0 Å². The van der Waals surface area contributed by atoms with Crippen molar-refractivity contribution < 1.29 is 40.2 Å². The number of hydrogen-bond acceptors (Lipinski definition) is 8. The number of phenolic OH excluding ortho intramolecular Hbond substituents is 1. The minimum atomic E-state index is -1.42. The van der Waals surface area contributed by atoms with Gasteiger partial charge in [0.25, 0.3) is 0 Å². The molecule has 1 aromatic rings. The molecule has 0 aliphatic heterocycles. The molecule has 0 radical (unpaired) electrons. The van der Waals surface area contributed by atoms with E-state index >= 15 is 0 Å². The highest BCUT2D eigenvalue weighted by atomic mass is 16.5. The maximum absolute atomic E-state index is 12.0. The van der Waals surface area contributed by atoms with Gasteiger partial charge in [0.15, 0.2) is 0 Å². The highest BCUT2D eigenvalue weighted by molar-refractivity contribution is 5.69. The average Bonchev–Trinajstić information content (AvgIpc) is 2.99. The molecule has 6 N–H and O–H groups in total. The van der Waals surface area contributed by atoms with Crippen LogP contribution in [-0.4, -0.2) is 73.2 Å². The third kappa shape index (κ3) is 18.0. The molecule has 268 valence electrons. The number of unbranched alkanes of at least 4 members (excludes halogenated alkanes) is 2. The zero-order valence-electron chi connectivity index (χ0n) is 29.7. The minimum absolute atomic E-state index is 0.0584. The largest absolute Gasteiger partial charge is 0.508 e. The van der Waals surface area contributed by atoms with Crippen LogP contribution in [-0.2, 0) is 16.0 Å². The van der Waals surface area contributed by atoms with E-state index in [2.05, 4.69) is 20.8 Å². The highest BCUT2D eigenvalue weighted by Crippen LogP contribution is 2.28. The zero-order chi connectivity index (χ0) is 34.7. The molecule has 0 amide bonds. The van der Waals surface area contributed by atoms with Crippen molar-refractivity contribution in [3.63, 3.8) is 0 Å². The molecule has 8 nitrogen and oxygen atoms in total. The van der Waals surface area contributed by atoms with E-state index in [9.17, 15) is 35.4 Å². The summed E-state index contributed by atoms with van der Waals surface area (Å²) in [6.45, 7) is 12.3. The van der Waals surface area contributed by atoms with Crippen LogP contribution in [0.3, 0.4) is 0 Å². The molecule has 0 fully saturated rings. The Morgan fingerprint density at radius 2 is 1.37 bits per heavy atom. The van der Waals surface area contributed by atoms with Crippen molar-refractivity contribution >= 4 is 5.97 Å². The lowest BCUT2D eigenvalue weighted by molar-refractivity contribution is -0.143. The van der Waals surface area contributed by atoms with Crippen LogP contribution in [0.5, 0.6) is 5.75 Å². The SMILES string of the molecule is CCCCCC(C)C(O)C(O)CC(C)CCCC(C)(O)C(O)C(O)CC(C)CCCC(C)CCOC(=O)CCc1ccc(O)cc1. The number of aliphatic hydroxyl groups is 5. The molecule has 0 heterocycles. The Morgan fingerprint density at radius 3 is 2.00 bits per heavy atom. The molecule has 0 bridgehead atoms. The maximum atomic E-state index is 12.0. The summed E-state index contributed by atoms with van der Waals surface area (Å²) in [5, 5.41) is 62.8. The van der Waals surface area contributed by atoms with Crippen molar-refractivity contribution in [2.24, 2.45) is 23.7 Å². The van der Waals surface area contributed by atoms with Crippen molar-refractivity contribution in [1.29, 1.82) is 0 Å². The number of esters is 1. The first-order chi connectivity index (χ1) is 21.7. The molecule has 9 atom stereocenters. The average molecular weight is 653 g/mol.